The Hall–Kier alpha value is -2.10. The number of hydrogen-bond acceptors (Lipinski definition) is 4. The first kappa shape index (κ1) is 11.7. The SMILES string of the molecule is c1ccc2c(c1)CN(c1ccnc(C3CC3)n1)CCO2. The Morgan fingerprint density at radius 2 is 2.05 bits per heavy atom. The highest BCUT2D eigenvalue weighted by Gasteiger charge is 2.27. The number of nitrogens with zero attached hydrogens (tertiary/aromatic N) is 3. The molecule has 0 spiro atoms. The number of anilines is 1. The Kier molecular flexibility index (Phi) is 2.80. The van der Waals surface area contributed by atoms with Gasteiger partial charge in [0.25, 0.3) is 0 Å². The van der Waals surface area contributed by atoms with E-state index in [4.69, 9.17) is 9.72 Å². The Labute approximate surface area is 118 Å². The summed E-state index contributed by atoms with van der Waals surface area (Å²) in [6.07, 6.45) is 4.35. The fourth-order valence-corrected chi connectivity index (χ4v) is 2.60. The number of aromatic nitrogens is 2. The van der Waals surface area contributed by atoms with Gasteiger partial charge in [-0.25, -0.2) is 9.97 Å². The molecule has 4 nitrogen and oxygen atoms in total. The van der Waals surface area contributed by atoms with Gasteiger partial charge in [0, 0.05) is 24.2 Å². The standard InChI is InChI=1S/C16H17N3O/c1-2-4-14-13(3-1)11-19(9-10-20-14)15-7-8-17-16(18-15)12-5-6-12/h1-4,7-8,12H,5-6,9-11H2. The van der Waals surface area contributed by atoms with Crippen molar-refractivity contribution in [1.29, 1.82) is 0 Å². The van der Waals surface area contributed by atoms with Crippen LogP contribution in [0, 0.1) is 0 Å². The number of ether oxygens (including phenoxy) is 1. The zero-order valence-electron chi connectivity index (χ0n) is 11.3. The summed E-state index contributed by atoms with van der Waals surface area (Å²) in [6.45, 7) is 2.40. The van der Waals surface area contributed by atoms with Gasteiger partial charge in [0.05, 0.1) is 6.54 Å². The van der Waals surface area contributed by atoms with Gasteiger partial charge in [0.1, 0.15) is 24.0 Å². The normalized spacial score (nSPS) is 18.1. The van der Waals surface area contributed by atoms with E-state index >= 15 is 0 Å². The highest BCUT2D eigenvalue weighted by Crippen LogP contribution is 2.38. The van der Waals surface area contributed by atoms with Crippen LogP contribution in [0.15, 0.2) is 36.5 Å². The smallest absolute Gasteiger partial charge is 0.133 e. The molecule has 0 unspecified atom stereocenters. The number of rotatable bonds is 2. The lowest BCUT2D eigenvalue weighted by molar-refractivity contribution is 0.331. The van der Waals surface area contributed by atoms with Crippen LogP contribution in [0.1, 0.15) is 30.1 Å². The minimum absolute atomic E-state index is 0.588. The predicted octanol–water partition coefficient (Wildman–Crippen LogP) is 2.75. The zero-order valence-corrected chi connectivity index (χ0v) is 11.3. The maximum atomic E-state index is 5.81. The van der Waals surface area contributed by atoms with Crippen molar-refractivity contribution in [3.63, 3.8) is 0 Å². The Morgan fingerprint density at radius 1 is 1.15 bits per heavy atom. The number of benzene rings is 1. The molecule has 0 atom stereocenters. The van der Waals surface area contributed by atoms with E-state index in [1.807, 2.05) is 24.4 Å². The molecular weight excluding hydrogens is 250 g/mol. The molecule has 20 heavy (non-hydrogen) atoms. The van der Waals surface area contributed by atoms with Crippen molar-refractivity contribution < 1.29 is 4.74 Å². The van der Waals surface area contributed by atoms with Crippen molar-refractivity contribution in [2.45, 2.75) is 25.3 Å². The molecule has 1 aliphatic carbocycles. The molecule has 0 saturated heterocycles. The lowest BCUT2D eigenvalue weighted by Gasteiger charge is -2.21. The molecule has 2 heterocycles. The van der Waals surface area contributed by atoms with Gasteiger partial charge in [-0.2, -0.15) is 0 Å². The van der Waals surface area contributed by atoms with Crippen molar-refractivity contribution in [1.82, 2.24) is 9.97 Å². The first-order valence-electron chi connectivity index (χ1n) is 7.19. The monoisotopic (exact) mass is 267 g/mol. The van der Waals surface area contributed by atoms with E-state index in [0.29, 0.717) is 12.5 Å². The fraction of sp³-hybridized carbons (Fsp3) is 0.375. The third-order valence-electron chi connectivity index (χ3n) is 3.88. The van der Waals surface area contributed by atoms with Gasteiger partial charge in [-0.1, -0.05) is 18.2 Å². The van der Waals surface area contributed by atoms with E-state index in [0.717, 1.165) is 30.5 Å². The second kappa shape index (κ2) is 4.78. The molecular formula is C16H17N3O. The number of fused-ring (bicyclic) bond motifs is 1. The van der Waals surface area contributed by atoms with Gasteiger partial charge in [0.2, 0.25) is 0 Å². The highest BCUT2D eigenvalue weighted by atomic mass is 16.5. The van der Waals surface area contributed by atoms with E-state index in [-0.39, 0.29) is 0 Å². The van der Waals surface area contributed by atoms with Crippen LogP contribution in [0.4, 0.5) is 5.82 Å². The molecule has 1 saturated carbocycles. The van der Waals surface area contributed by atoms with Gasteiger partial charge in [-0.15, -0.1) is 0 Å². The van der Waals surface area contributed by atoms with Gasteiger partial charge >= 0.3 is 0 Å². The van der Waals surface area contributed by atoms with Crippen LogP contribution >= 0.6 is 0 Å². The van der Waals surface area contributed by atoms with Crippen LogP contribution in [0.25, 0.3) is 0 Å². The molecule has 1 fully saturated rings. The van der Waals surface area contributed by atoms with E-state index in [9.17, 15) is 0 Å². The minimum atomic E-state index is 0.588. The van der Waals surface area contributed by atoms with Crippen molar-refractivity contribution >= 4 is 5.82 Å². The van der Waals surface area contributed by atoms with Crippen LogP contribution in [0.3, 0.4) is 0 Å². The fourth-order valence-electron chi connectivity index (χ4n) is 2.60. The van der Waals surface area contributed by atoms with Crippen LogP contribution in [0.5, 0.6) is 5.75 Å². The van der Waals surface area contributed by atoms with Crippen LogP contribution in [-0.2, 0) is 6.54 Å². The van der Waals surface area contributed by atoms with Gasteiger partial charge < -0.3 is 9.64 Å². The summed E-state index contributed by atoms with van der Waals surface area (Å²) < 4.78 is 5.81. The molecule has 0 N–H and O–H groups in total. The topological polar surface area (TPSA) is 38.2 Å². The first-order valence-corrected chi connectivity index (χ1v) is 7.19. The third-order valence-corrected chi connectivity index (χ3v) is 3.88. The van der Waals surface area contributed by atoms with Crippen LogP contribution in [-0.4, -0.2) is 23.1 Å². The largest absolute Gasteiger partial charge is 0.491 e. The Morgan fingerprint density at radius 3 is 2.95 bits per heavy atom. The Bertz CT molecular complexity index is 625. The minimum Gasteiger partial charge on any atom is -0.491 e. The van der Waals surface area contributed by atoms with Crippen molar-refractivity contribution in [3.8, 4) is 5.75 Å². The lowest BCUT2D eigenvalue weighted by Crippen LogP contribution is -2.26. The van der Waals surface area contributed by atoms with Crippen molar-refractivity contribution in [3.05, 3.63) is 47.9 Å². The predicted molar refractivity (Wildman–Crippen MR) is 77.0 cm³/mol. The van der Waals surface area contributed by atoms with E-state index in [2.05, 4.69) is 22.0 Å². The summed E-state index contributed by atoms with van der Waals surface area (Å²) in [7, 11) is 0. The van der Waals surface area contributed by atoms with E-state index in [1.54, 1.807) is 0 Å². The highest BCUT2D eigenvalue weighted by molar-refractivity contribution is 5.43. The first-order chi connectivity index (χ1) is 9.90. The zero-order chi connectivity index (χ0) is 13.4. The molecule has 102 valence electrons. The summed E-state index contributed by atoms with van der Waals surface area (Å²) >= 11 is 0. The summed E-state index contributed by atoms with van der Waals surface area (Å²) in [5, 5.41) is 0. The lowest BCUT2D eigenvalue weighted by atomic mass is 10.2. The van der Waals surface area contributed by atoms with E-state index in [1.165, 1.54) is 18.4 Å². The molecule has 2 aliphatic rings. The second-order valence-corrected chi connectivity index (χ2v) is 5.43. The molecule has 1 aliphatic heterocycles. The van der Waals surface area contributed by atoms with Gasteiger partial charge in [-0.3, -0.25) is 0 Å². The van der Waals surface area contributed by atoms with Crippen molar-refractivity contribution in [2.75, 3.05) is 18.1 Å². The van der Waals surface area contributed by atoms with Crippen LogP contribution < -0.4 is 9.64 Å². The molecule has 2 aromatic rings. The average Bonchev–Trinajstić information content (AvgIpc) is 3.33. The summed E-state index contributed by atoms with van der Waals surface area (Å²) in [5.41, 5.74) is 1.22. The quantitative estimate of drug-likeness (QED) is 0.838. The molecule has 0 bridgehead atoms. The van der Waals surface area contributed by atoms with E-state index < -0.39 is 0 Å². The maximum absolute atomic E-state index is 5.81. The molecule has 0 amide bonds. The summed E-state index contributed by atoms with van der Waals surface area (Å²) in [4.78, 5) is 11.4. The molecule has 0 radical (unpaired) electrons. The second-order valence-electron chi connectivity index (χ2n) is 5.43. The van der Waals surface area contributed by atoms with Gasteiger partial charge in [0.15, 0.2) is 0 Å². The third kappa shape index (κ3) is 2.22. The molecule has 1 aromatic carbocycles. The average molecular weight is 267 g/mol. The van der Waals surface area contributed by atoms with Crippen LogP contribution in [0.2, 0.25) is 0 Å². The summed E-state index contributed by atoms with van der Waals surface area (Å²) in [6, 6.07) is 10.2. The number of para-hydroxylation sites is 1. The van der Waals surface area contributed by atoms with Crippen molar-refractivity contribution in [2.24, 2.45) is 0 Å². The maximum Gasteiger partial charge on any atom is 0.133 e. The molecule has 4 heteroatoms. The summed E-state index contributed by atoms with van der Waals surface area (Å²) in [5.74, 6) is 3.60. The molecule has 1 aromatic heterocycles. The number of hydrogen-bond donors (Lipinski definition) is 0. The Balaban J connectivity index is 1.63. The molecule has 4 rings (SSSR count). The van der Waals surface area contributed by atoms with Gasteiger partial charge in [-0.05, 0) is 25.0 Å².